The van der Waals surface area contributed by atoms with E-state index in [1.54, 1.807) is 0 Å². The highest BCUT2D eigenvalue weighted by atomic mass is 19.4. The van der Waals surface area contributed by atoms with Crippen LogP contribution in [-0.2, 0) is 6.18 Å². The minimum atomic E-state index is -4.89. The normalized spacial score (nSPS) is 12.3. The number of benzene rings is 2. The summed E-state index contributed by atoms with van der Waals surface area (Å²) in [6.45, 7) is 0. The Morgan fingerprint density at radius 1 is 0.864 bits per heavy atom. The second-order valence-electron chi connectivity index (χ2n) is 4.38. The van der Waals surface area contributed by atoms with Crippen LogP contribution in [0.1, 0.15) is 5.56 Å². The van der Waals surface area contributed by atoms with Gasteiger partial charge in [-0.05, 0) is 35.9 Å². The molecule has 0 saturated heterocycles. The largest absolute Gasteiger partial charge is 0.573 e. The highest BCUT2D eigenvalue weighted by Gasteiger charge is 2.32. The average Bonchev–Trinajstić information content (AvgIpc) is 2.36. The summed E-state index contributed by atoms with van der Waals surface area (Å²) in [5.74, 6) is -0.540. The number of nitrogen functional groups attached to an aromatic ring is 1. The standard InChI is InChI=1S/C14H9F6NO/c15-13(16,17)9-4-5-12(21)11(7-9)8-2-1-3-10(6-8)22-14(18,19)20/h1-7H,21H2. The average molecular weight is 321 g/mol. The first-order valence-electron chi connectivity index (χ1n) is 5.89. The number of ether oxygens (including phenoxy) is 1. The zero-order chi connectivity index (χ0) is 16.5. The quantitative estimate of drug-likeness (QED) is 0.634. The molecule has 2 nitrogen and oxygen atoms in total. The van der Waals surface area contributed by atoms with Gasteiger partial charge in [-0.15, -0.1) is 13.2 Å². The fourth-order valence-electron chi connectivity index (χ4n) is 1.84. The second-order valence-corrected chi connectivity index (χ2v) is 4.38. The molecule has 0 atom stereocenters. The van der Waals surface area contributed by atoms with Crippen LogP contribution >= 0.6 is 0 Å². The van der Waals surface area contributed by atoms with Gasteiger partial charge in [0.05, 0.1) is 5.56 Å². The molecule has 22 heavy (non-hydrogen) atoms. The molecule has 0 aromatic heterocycles. The van der Waals surface area contributed by atoms with Crippen molar-refractivity contribution in [3.05, 3.63) is 48.0 Å². The van der Waals surface area contributed by atoms with Crippen LogP contribution in [0.2, 0.25) is 0 Å². The minimum Gasteiger partial charge on any atom is -0.406 e. The van der Waals surface area contributed by atoms with E-state index in [-0.39, 0.29) is 16.8 Å². The van der Waals surface area contributed by atoms with E-state index in [0.717, 1.165) is 30.3 Å². The molecule has 0 fully saturated rings. The van der Waals surface area contributed by atoms with Crippen molar-refractivity contribution in [2.24, 2.45) is 0 Å². The Balaban J connectivity index is 2.46. The van der Waals surface area contributed by atoms with Crippen LogP contribution in [0.15, 0.2) is 42.5 Å². The Morgan fingerprint density at radius 2 is 1.55 bits per heavy atom. The number of hydrogen-bond acceptors (Lipinski definition) is 2. The van der Waals surface area contributed by atoms with E-state index < -0.39 is 23.9 Å². The van der Waals surface area contributed by atoms with Gasteiger partial charge in [0.2, 0.25) is 0 Å². The molecule has 0 aliphatic heterocycles. The van der Waals surface area contributed by atoms with Gasteiger partial charge in [-0.2, -0.15) is 13.2 Å². The molecule has 2 rings (SSSR count). The number of hydrogen-bond donors (Lipinski definition) is 1. The number of alkyl halides is 6. The van der Waals surface area contributed by atoms with Gasteiger partial charge in [0.25, 0.3) is 0 Å². The van der Waals surface area contributed by atoms with Gasteiger partial charge in [0.1, 0.15) is 5.75 Å². The van der Waals surface area contributed by atoms with Gasteiger partial charge in [-0.1, -0.05) is 12.1 Å². The van der Waals surface area contributed by atoms with E-state index in [0.29, 0.717) is 0 Å². The lowest BCUT2D eigenvalue weighted by Crippen LogP contribution is -2.17. The topological polar surface area (TPSA) is 35.2 Å². The molecule has 0 bridgehead atoms. The summed E-state index contributed by atoms with van der Waals surface area (Å²) < 4.78 is 78.4. The van der Waals surface area contributed by atoms with E-state index in [1.165, 1.54) is 12.1 Å². The van der Waals surface area contributed by atoms with E-state index in [9.17, 15) is 26.3 Å². The molecule has 0 heterocycles. The van der Waals surface area contributed by atoms with Crippen molar-refractivity contribution in [1.82, 2.24) is 0 Å². The van der Waals surface area contributed by atoms with Crippen molar-refractivity contribution in [1.29, 1.82) is 0 Å². The molecule has 0 amide bonds. The molecular formula is C14H9F6NO. The zero-order valence-electron chi connectivity index (χ0n) is 10.8. The van der Waals surface area contributed by atoms with Crippen molar-refractivity contribution in [2.45, 2.75) is 12.5 Å². The maximum atomic E-state index is 12.7. The van der Waals surface area contributed by atoms with Crippen molar-refractivity contribution in [2.75, 3.05) is 5.73 Å². The molecule has 0 saturated carbocycles. The number of anilines is 1. The van der Waals surface area contributed by atoms with Crippen LogP contribution in [0, 0.1) is 0 Å². The molecule has 0 radical (unpaired) electrons. The summed E-state index contributed by atoms with van der Waals surface area (Å²) in [6, 6.07) is 7.22. The van der Waals surface area contributed by atoms with Crippen molar-refractivity contribution >= 4 is 5.69 Å². The Hall–Kier alpha value is -2.38. The summed E-state index contributed by atoms with van der Waals surface area (Å²) in [7, 11) is 0. The minimum absolute atomic E-state index is 0.0113. The van der Waals surface area contributed by atoms with Crippen LogP contribution in [0.4, 0.5) is 32.0 Å². The first-order valence-corrected chi connectivity index (χ1v) is 5.89. The zero-order valence-corrected chi connectivity index (χ0v) is 10.8. The smallest absolute Gasteiger partial charge is 0.406 e. The third-order valence-electron chi connectivity index (χ3n) is 2.76. The molecule has 118 valence electrons. The van der Waals surface area contributed by atoms with Crippen LogP contribution in [-0.4, -0.2) is 6.36 Å². The Labute approximate surface area is 121 Å². The Bertz CT molecular complexity index is 678. The predicted octanol–water partition coefficient (Wildman–Crippen LogP) is 4.85. The van der Waals surface area contributed by atoms with Crippen LogP contribution in [0.3, 0.4) is 0 Å². The van der Waals surface area contributed by atoms with E-state index in [1.807, 2.05) is 0 Å². The van der Waals surface area contributed by atoms with Crippen LogP contribution < -0.4 is 10.5 Å². The molecule has 2 aromatic rings. The molecule has 0 aliphatic carbocycles. The van der Waals surface area contributed by atoms with Crippen molar-refractivity contribution < 1.29 is 31.1 Å². The molecule has 2 aromatic carbocycles. The Morgan fingerprint density at radius 3 is 2.14 bits per heavy atom. The number of nitrogens with two attached hydrogens (primary N) is 1. The first kappa shape index (κ1) is 16.0. The van der Waals surface area contributed by atoms with Crippen LogP contribution in [0.25, 0.3) is 11.1 Å². The van der Waals surface area contributed by atoms with Crippen LogP contribution in [0.5, 0.6) is 5.75 Å². The summed E-state index contributed by atoms with van der Waals surface area (Å²) in [4.78, 5) is 0. The molecule has 0 unspecified atom stereocenters. The van der Waals surface area contributed by atoms with Gasteiger partial charge >= 0.3 is 12.5 Å². The maximum Gasteiger partial charge on any atom is 0.573 e. The Kier molecular flexibility index (Phi) is 3.95. The first-order chi connectivity index (χ1) is 10.1. The van der Waals surface area contributed by atoms with E-state index >= 15 is 0 Å². The molecular weight excluding hydrogens is 312 g/mol. The molecule has 0 aliphatic rings. The highest BCUT2D eigenvalue weighted by molar-refractivity contribution is 5.77. The lowest BCUT2D eigenvalue weighted by Gasteiger charge is -2.13. The van der Waals surface area contributed by atoms with E-state index in [4.69, 9.17) is 5.73 Å². The maximum absolute atomic E-state index is 12.7. The molecule has 0 spiro atoms. The third-order valence-corrected chi connectivity index (χ3v) is 2.76. The third kappa shape index (κ3) is 3.84. The molecule has 8 heteroatoms. The van der Waals surface area contributed by atoms with Gasteiger partial charge in [-0.3, -0.25) is 0 Å². The summed E-state index contributed by atoms with van der Waals surface area (Å²) in [5, 5.41) is 0. The summed E-state index contributed by atoms with van der Waals surface area (Å²) in [5.41, 5.74) is 4.74. The van der Waals surface area contributed by atoms with Crippen molar-refractivity contribution in [3.8, 4) is 16.9 Å². The monoisotopic (exact) mass is 321 g/mol. The predicted molar refractivity (Wildman–Crippen MR) is 68.0 cm³/mol. The van der Waals surface area contributed by atoms with Gasteiger partial charge < -0.3 is 10.5 Å². The lowest BCUT2D eigenvalue weighted by atomic mass is 10.0. The SMILES string of the molecule is Nc1ccc(C(F)(F)F)cc1-c1cccc(OC(F)(F)F)c1. The van der Waals surface area contributed by atoms with Crippen molar-refractivity contribution in [3.63, 3.8) is 0 Å². The summed E-state index contributed by atoms with van der Waals surface area (Å²) in [6.07, 6.45) is -9.47. The number of rotatable bonds is 2. The fraction of sp³-hybridized carbons (Fsp3) is 0.143. The van der Waals surface area contributed by atoms with Gasteiger partial charge in [0.15, 0.2) is 0 Å². The summed E-state index contributed by atoms with van der Waals surface area (Å²) >= 11 is 0. The van der Waals surface area contributed by atoms with Gasteiger partial charge in [-0.25, -0.2) is 0 Å². The van der Waals surface area contributed by atoms with Gasteiger partial charge in [0, 0.05) is 11.3 Å². The fourth-order valence-corrected chi connectivity index (χ4v) is 1.84. The lowest BCUT2D eigenvalue weighted by molar-refractivity contribution is -0.274. The second kappa shape index (κ2) is 5.43. The highest BCUT2D eigenvalue weighted by Crippen LogP contribution is 2.36. The molecule has 2 N–H and O–H groups in total. The van der Waals surface area contributed by atoms with E-state index in [2.05, 4.69) is 4.74 Å². The number of halogens is 6.